The zero-order chi connectivity index (χ0) is 19.9. The number of carbonyl (C=O) groups excluding carboxylic acids is 1. The lowest BCUT2D eigenvalue weighted by molar-refractivity contribution is -0.125. The highest BCUT2D eigenvalue weighted by molar-refractivity contribution is 5.81. The van der Waals surface area contributed by atoms with Crippen LogP contribution >= 0.6 is 0 Å². The number of nitrogens with one attached hydrogen (secondary N) is 2. The van der Waals surface area contributed by atoms with Crippen molar-refractivity contribution < 1.29 is 14.3 Å². The van der Waals surface area contributed by atoms with Gasteiger partial charge in [-0.3, -0.25) is 4.99 Å². The summed E-state index contributed by atoms with van der Waals surface area (Å²) in [5.41, 5.74) is -0.162. The summed E-state index contributed by atoms with van der Waals surface area (Å²) in [4.78, 5) is 18.9. The van der Waals surface area contributed by atoms with Crippen molar-refractivity contribution in [2.45, 2.75) is 83.1 Å². The number of fused-ring (bicyclic) bond motifs is 2. The van der Waals surface area contributed by atoms with Gasteiger partial charge >= 0.3 is 6.09 Å². The molecular formula is C21H36N4O3. The van der Waals surface area contributed by atoms with Crippen LogP contribution in [0.3, 0.4) is 0 Å². The molecule has 4 fully saturated rings. The molecule has 4 atom stereocenters. The lowest BCUT2D eigenvalue weighted by Crippen LogP contribution is -2.69. The third-order valence-corrected chi connectivity index (χ3v) is 6.99. The molecule has 4 unspecified atom stereocenters. The number of guanidine groups is 1. The van der Waals surface area contributed by atoms with E-state index in [1.165, 1.54) is 25.7 Å². The van der Waals surface area contributed by atoms with E-state index in [4.69, 9.17) is 9.47 Å². The highest BCUT2D eigenvalue weighted by atomic mass is 16.6. The third kappa shape index (κ3) is 3.58. The van der Waals surface area contributed by atoms with Crippen LogP contribution in [0.4, 0.5) is 4.79 Å². The summed E-state index contributed by atoms with van der Waals surface area (Å²) in [6, 6.07) is 0.567. The Morgan fingerprint density at radius 3 is 2.64 bits per heavy atom. The average Bonchev–Trinajstić information content (AvgIpc) is 3.33. The number of hydrogen-bond acceptors (Lipinski definition) is 4. The van der Waals surface area contributed by atoms with Crippen molar-refractivity contribution in [3.8, 4) is 0 Å². The van der Waals surface area contributed by atoms with E-state index in [1.807, 2.05) is 27.8 Å². The standard InChI is InChI=1S/C21H36N4O3/c1-20(2,3)28-19(26)23-14-7-11-25(13-14)18(22-4)24-16-15-8-12-27-17(15)21(16)9-5-6-10-21/h14-17H,5-13H2,1-4H3,(H,22,24)(H,23,26). The molecule has 4 rings (SSSR count). The second-order valence-corrected chi connectivity index (χ2v) is 9.93. The van der Waals surface area contributed by atoms with Gasteiger partial charge in [-0.2, -0.15) is 0 Å². The minimum atomic E-state index is -0.473. The molecule has 0 aromatic rings. The first-order chi connectivity index (χ1) is 13.3. The van der Waals surface area contributed by atoms with Crippen molar-refractivity contribution in [3.05, 3.63) is 0 Å². The summed E-state index contributed by atoms with van der Waals surface area (Å²) in [7, 11) is 1.86. The number of alkyl carbamates (subject to hydrolysis) is 1. The van der Waals surface area contributed by atoms with E-state index in [9.17, 15) is 4.79 Å². The SMILES string of the molecule is CN=C(NC1C2CCOC2C12CCCC2)N1CCC(NC(=O)OC(C)(C)C)C1. The molecule has 2 N–H and O–H groups in total. The zero-order valence-electron chi connectivity index (χ0n) is 17.8. The molecule has 2 heterocycles. The lowest BCUT2D eigenvalue weighted by atomic mass is 9.54. The van der Waals surface area contributed by atoms with Gasteiger partial charge in [0.05, 0.1) is 12.1 Å². The fourth-order valence-corrected chi connectivity index (χ4v) is 5.89. The molecule has 1 spiro atoms. The molecule has 0 aromatic heterocycles. The lowest BCUT2D eigenvalue weighted by Gasteiger charge is -2.57. The quantitative estimate of drug-likeness (QED) is 0.558. The predicted molar refractivity (Wildman–Crippen MR) is 108 cm³/mol. The van der Waals surface area contributed by atoms with E-state index in [2.05, 4.69) is 20.5 Å². The largest absolute Gasteiger partial charge is 0.444 e. The molecule has 7 heteroatoms. The molecule has 1 amide bonds. The molecular weight excluding hydrogens is 356 g/mol. The molecule has 2 aliphatic carbocycles. The Balaban J connectivity index is 1.34. The van der Waals surface area contributed by atoms with Crippen LogP contribution in [0.1, 0.15) is 59.3 Å². The van der Waals surface area contributed by atoms with Gasteiger partial charge in [0.2, 0.25) is 0 Å². The number of amides is 1. The minimum absolute atomic E-state index is 0.0952. The fraction of sp³-hybridized carbons (Fsp3) is 0.905. The van der Waals surface area contributed by atoms with Crippen LogP contribution in [-0.4, -0.2) is 67.5 Å². The van der Waals surface area contributed by atoms with Gasteiger partial charge in [-0.25, -0.2) is 4.79 Å². The van der Waals surface area contributed by atoms with Gasteiger partial charge in [0.25, 0.3) is 0 Å². The molecule has 0 bridgehead atoms. The summed E-state index contributed by atoms with van der Waals surface area (Å²) in [6.45, 7) is 8.22. The highest BCUT2D eigenvalue weighted by Gasteiger charge is 2.65. The Hall–Kier alpha value is -1.50. The number of hydrogen-bond donors (Lipinski definition) is 2. The summed E-state index contributed by atoms with van der Waals surface area (Å²) in [6.07, 6.45) is 7.35. The maximum Gasteiger partial charge on any atom is 0.407 e. The van der Waals surface area contributed by atoms with Gasteiger partial charge in [-0.15, -0.1) is 0 Å². The second-order valence-electron chi connectivity index (χ2n) is 9.93. The fourth-order valence-electron chi connectivity index (χ4n) is 5.89. The summed E-state index contributed by atoms with van der Waals surface area (Å²) in [5.74, 6) is 1.59. The van der Waals surface area contributed by atoms with Crippen LogP contribution in [0.5, 0.6) is 0 Å². The smallest absolute Gasteiger partial charge is 0.407 e. The van der Waals surface area contributed by atoms with Crippen LogP contribution in [0, 0.1) is 11.3 Å². The molecule has 158 valence electrons. The number of aliphatic imine (C=N–C) groups is 1. The van der Waals surface area contributed by atoms with Crippen LogP contribution in [-0.2, 0) is 9.47 Å². The Labute approximate surface area is 168 Å². The molecule has 2 saturated heterocycles. The first kappa shape index (κ1) is 19.8. The monoisotopic (exact) mass is 392 g/mol. The second kappa shape index (κ2) is 7.39. The first-order valence-electron chi connectivity index (χ1n) is 10.9. The van der Waals surface area contributed by atoms with E-state index in [1.54, 1.807) is 0 Å². The van der Waals surface area contributed by atoms with Crippen LogP contribution in [0.25, 0.3) is 0 Å². The molecule has 0 aromatic carbocycles. The van der Waals surface area contributed by atoms with E-state index >= 15 is 0 Å². The number of ether oxygens (including phenoxy) is 2. The predicted octanol–water partition coefficient (Wildman–Crippen LogP) is 2.51. The Bertz CT molecular complexity index is 624. The minimum Gasteiger partial charge on any atom is -0.444 e. The van der Waals surface area contributed by atoms with Crippen molar-refractivity contribution in [1.29, 1.82) is 0 Å². The summed E-state index contributed by atoms with van der Waals surface area (Å²) >= 11 is 0. The van der Waals surface area contributed by atoms with E-state index in [-0.39, 0.29) is 12.1 Å². The number of likely N-dealkylation sites (tertiary alicyclic amines) is 1. The number of nitrogens with zero attached hydrogens (tertiary/aromatic N) is 2. The maximum absolute atomic E-state index is 12.1. The van der Waals surface area contributed by atoms with Gasteiger partial charge in [-0.05, 0) is 46.5 Å². The molecule has 28 heavy (non-hydrogen) atoms. The van der Waals surface area contributed by atoms with Gasteiger partial charge in [-0.1, -0.05) is 12.8 Å². The molecule has 2 saturated carbocycles. The van der Waals surface area contributed by atoms with Crippen LogP contribution < -0.4 is 10.6 Å². The van der Waals surface area contributed by atoms with Gasteiger partial charge in [0, 0.05) is 44.1 Å². The maximum atomic E-state index is 12.1. The van der Waals surface area contributed by atoms with Crippen molar-refractivity contribution in [2.75, 3.05) is 26.7 Å². The van der Waals surface area contributed by atoms with Crippen LogP contribution in [0.2, 0.25) is 0 Å². The van der Waals surface area contributed by atoms with Crippen molar-refractivity contribution in [3.63, 3.8) is 0 Å². The van der Waals surface area contributed by atoms with E-state index in [0.717, 1.165) is 38.5 Å². The number of rotatable bonds is 2. The molecule has 0 radical (unpaired) electrons. The molecule has 7 nitrogen and oxygen atoms in total. The summed E-state index contributed by atoms with van der Waals surface area (Å²) < 4.78 is 11.5. The third-order valence-electron chi connectivity index (χ3n) is 6.99. The van der Waals surface area contributed by atoms with Gasteiger partial charge in [0.15, 0.2) is 5.96 Å². The van der Waals surface area contributed by atoms with Gasteiger partial charge < -0.3 is 25.0 Å². The normalized spacial score (nSPS) is 34.3. The average molecular weight is 393 g/mol. The Morgan fingerprint density at radius 1 is 1.21 bits per heavy atom. The summed E-state index contributed by atoms with van der Waals surface area (Å²) in [5, 5.41) is 6.82. The molecule has 4 aliphatic rings. The van der Waals surface area contributed by atoms with Gasteiger partial charge in [0.1, 0.15) is 5.60 Å². The Morgan fingerprint density at radius 2 is 1.96 bits per heavy atom. The number of carbonyl (C=O) groups is 1. The Kier molecular flexibility index (Phi) is 5.23. The first-order valence-corrected chi connectivity index (χ1v) is 10.9. The van der Waals surface area contributed by atoms with E-state index in [0.29, 0.717) is 23.5 Å². The van der Waals surface area contributed by atoms with Crippen molar-refractivity contribution >= 4 is 12.1 Å². The highest BCUT2D eigenvalue weighted by Crippen LogP contribution is 2.60. The topological polar surface area (TPSA) is 75.2 Å². The van der Waals surface area contributed by atoms with E-state index < -0.39 is 5.60 Å². The van der Waals surface area contributed by atoms with Crippen LogP contribution in [0.15, 0.2) is 4.99 Å². The molecule has 2 aliphatic heterocycles. The van der Waals surface area contributed by atoms with Crippen molar-refractivity contribution in [1.82, 2.24) is 15.5 Å². The van der Waals surface area contributed by atoms with Crippen molar-refractivity contribution in [2.24, 2.45) is 16.3 Å². The zero-order valence-corrected chi connectivity index (χ0v) is 17.8.